The van der Waals surface area contributed by atoms with Crippen LogP contribution in [0.5, 0.6) is 0 Å². The van der Waals surface area contributed by atoms with Crippen LogP contribution in [0.4, 0.5) is 0 Å². The molecule has 0 aliphatic heterocycles. The maximum atomic E-state index is 2.47. The number of benzene rings is 2. The Morgan fingerprint density at radius 1 is 0.396 bits per heavy atom. The van der Waals surface area contributed by atoms with Crippen LogP contribution in [-0.2, 0) is 12.8 Å². The van der Waals surface area contributed by atoms with Gasteiger partial charge in [-0.25, -0.2) is 0 Å². The summed E-state index contributed by atoms with van der Waals surface area (Å²) >= 11 is 0. The van der Waals surface area contributed by atoms with Gasteiger partial charge in [-0.1, -0.05) is 204 Å². The lowest BCUT2D eigenvalue weighted by Gasteiger charge is -2.29. The zero-order valence-corrected chi connectivity index (χ0v) is 32.6. The molecule has 0 atom stereocenters. The molecule has 48 heavy (non-hydrogen) atoms. The Kier molecular flexibility index (Phi) is 18.8. The normalized spacial score (nSPS) is 21.5. The van der Waals surface area contributed by atoms with Crippen molar-refractivity contribution in [3.8, 4) is 11.1 Å². The first-order valence-corrected chi connectivity index (χ1v) is 21.7. The second-order valence-electron chi connectivity index (χ2n) is 17.0. The quantitative estimate of drug-likeness (QED) is 0.105. The number of unbranched alkanes of at least 4 members (excludes halogenated alkanes) is 12. The van der Waals surface area contributed by atoms with Crippen molar-refractivity contribution in [2.75, 3.05) is 0 Å². The van der Waals surface area contributed by atoms with Crippen LogP contribution in [0.25, 0.3) is 11.1 Å². The lowest BCUT2D eigenvalue weighted by molar-refractivity contribution is 0.248. The van der Waals surface area contributed by atoms with Gasteiger partial charge in [0.2, 0.25) is 0 Å². The summed E-state index contributed by atoms with van der Waals surface area (Å²) in [7, 11) is 0. The molecule has 0 heterocycles. The average Bonchev–Trinajstić information content (AvgIpc) is 3.11. The van der Waals surface area contributed by atoms with Crippen molar-refractivity contribution < 1.29 is 0 Å². The molecule has 0 amide bonds. The molecular weight excluding hydrogens is 577 g/mol. The topological polar surface area (TPSA) is 0 Å². The first-order chi connectivity index (χ1) is 23.6. The molecule has 0 aromatic heterocycles. The van der Waals surface area contributed by atoms with Crippen LogP contribution in [-0.4, -0.2) is 0 Å². The molecule has 2 aromatic carbocycles. The molecule has 0 N–H and O–H groups in total. The minimum atomic E-state index is 0.953. The van der Waals surface area contributed by atoms with E-state index < -0.39 is 0 Å². The Labute approximate surface area is 300 Å². The van der Waals surface area contributed by atoms with Crippen molar-refractivity contribution in [3.63, 3.8) is 0 Å². The van der Waals surface area contributed by atoms with Crippen molar-refractivity contribution in [2.24, 2.45) is 23.7 Å². The van der Waals surface area contributed by atoms with Crippen LogP contribution in [0.15, 0.2) is 36.4 Å². The molecule has 0 unspecified atom stereocenters. The van der Waals surface area contributed by atoms with Gasteiger partial charge in [0.15, 0.2) is 0 Å². The summed E-state index contributed by atoms with van der Waals surface area (Å²) in [6, 6.07) is 14.6. The summed E-state index contributed by atoms with van der Waals surface area (Å²) in [6.45, 7) is 9.33. The molecule has 0 nitrogen and oxygen atoms in total. The standard InChI is InChI=1S/C48H78/c1-5-7-9-11-13-15-17-19-41-21-25-43(26-22-41)29-31-45-33-35-47(37-39(45)3)48-36-34-46(40(4)38-48)32-30-44-27-23-42(24-28-44)20-18-16-14-12-10-8-6-2/h33-38,41-44H,5-32H2,1-4H3/t41-,42-,43-,44-. The van der Waals surface area contributed by atoms with Gasteiger partial charge < -0.3 is 0 Å². The maximum Gasteiger partial charge on any atom is -0.0181 e. The van der Waals surface area contributed by atoms with E-state index in [9.17, 15) is 0 Å². The van der Waals surface area contributed by atoms with Crippen molar-refractivity contribution in [2.45, 2.75) is 207 Å². The zero-order chi connectivity index (χ0) is 33.8. The fourth-order valence-electron chi connectivity index (χ4n) is 9.43. The predicted molar refractivity (Wildman–Crippen MR) is 214 cm³/mol. The van der Waals surface area contributed by atoms with E-state index in [-0.39, 0.29) is 0 Å². The highest BCUT2D eigenvalue weighted by atomic mass is 14.3. The Balaban J connectivity index is 1.11. The van der Waals surface area contributed by atoms with E-state index >= 15 is 0 Å². The molecule has 2 fully saturated rings. The van der Waals surface area contributed by atoms with Gasteiger partial charge in [-0.3, -0.25) is 0 Å². The van der Waals surface area contributed by atoms with E-state index in [1.165, 1.54) is 202 Å². The first-order valence-electron chi connectivity index (χ1n) is 21.7. The maximum absolute atomic E-state index is 2.47. The van der Waals surface area contributed by atoms with E-state index in [1.807, 2.05) is 0 Å². The predicted octanol–water partition coefficient (Wildman–Crippen LogP) is 15.7. The third kappa shape index (κ3) is 14.4. The van der Waals surface area contributed by atoms with Gasteiger partial charge in [0.05, 0.1) is 0 Å². The van der Waals surface area contributed by atoms with Crippen LogP contribution in [0.3, 0.4) is 0 Å². The molecular formula is C48H78. The summed E-state index contributed by atoms with van der Waals surface area (Å²) in [5.74, 6) is 3.96. The Hall–Kier alpha value is -1.56. The van der Waals surface area contributed by atoms with Gasteiger partial charge >= 0.3 is 0 Å². The molecule has 2 saturated carbocycles. The van der Waals surface area contributed by atoms with Crippen LogP contribution < -0.4 is 0 Å². The van der Waals surface area contributed by atoms with Gasteiger partial charge in [-0.05, 0) is 96.6 Å². The number of hydrogen-bond donors (Lipinski definition) is 0. The van der Waals surface area contributed by atoms with Gasteiger partial charge in [0, 0.05) is 0 Å². The van der Waals surface area contributed by atoms with Gasteiger partial charge in [0.25, 0.3) is 0 Å². The number of rotatable bonds is 23. The van der Waals surface area contributed by atoms with Crippen molar-refractivity contribution >= 4 is 0 Å². The Morgan fingerprint density at radius 2 is 0.708 bits per heavy atom. The highest BCUT2D eigenvalue weighted by Crippen LogP contribution is 2.36. The molecule has 0 spiro atoms. The summed E-state index contributed by atoms with van der Waals surface area (Å²) < 4.78 is 0. The Bertz CT molecular complexity index is 1020. The Morgan fingerprint density at radius 3 is 1.04 bits per heavy atom. The molecule has 2 aliphatic carbocycles. The largest absolute Gasteiger partial charge is 0.0654 e. The first kappa shape index (κ1) is 39.2. The van der Waals surface area contributed by atoms with Crippen molar-refractivity contribution in [1.29, 1.82) is 0 Å². The van der Waals surface area contributed by atoms with E-state index in [0.717, 1.165) is 23.7 Å². The molecule has 0 radical (unpaired) electrons. The van der Waals surface area contributed by atoms with Crippen LogP contribution >= 0.6 is 0 Å². The fraction of sp³-hybridized carbons (Fsp3) is 0.750. The summed E-state index contributed by atoms with van der Waals surface area (Å²) in [6.07, 6.45) is 40.5. The fourth-order valence-corrected chi connectivity index (χ4v) is 9.43. The van der Waals surface area contributed by atoms with Crippen molar-refractivity contribution in [1.82, 2.24) is 0 Å². The third-order valence-corrected chi connectivity index (χ3v) is 13.0. The minimum Gasteiger partial charge on any atom is -0.0654 e. The molecule has 270 valence electrons. The summed E-state index contributed by atoms with van der Waals surface area (Å²) in [4.78, 5) is 0. The molecule has 4 rings (SSSR count). The summed E-state index contributed by atoms with van der Waals surface area (Å²) in [5, 5.41) is 0. The smallest absolute Gasteiger partial charge is 0.0181 e. The summed E-state index contributed by atoms with van der Waals surface area (Å²) in [5.41, 5.74) is 8.94. The third-order valence-electron chi connectivity index (χ3n) is 13.0. The van der Waals surface area contributed by atoms with Gasteiger partial charge in [0.1, 0.15) is 0 Å². The molecule has 0 heteroatoms. The lowest BCUT2D eigenvalue weighted by Crippen LogP contribution is -2.15. The van der Waals surface area contributed by atoms with Crippen LogP contribution in [0.2, 0.25) is 0 Å². The van der Waals surface area contributed by atoms with Crippen molar-refractivity contribution in [3.05, 3.63) is 58.7 Å². The second kappa shape index (κ2) is 23.0. The number of hydrogen-bond acceptors (Lipinski definition) is 0. The molecule has 0 saturated heterocycles. The van der Waals surface area contributed by atoms with Gasteiger partial charge in [-0.15, -0.1) is 0 Å². The van der Waals surface area contributed by atoms with Crippen LogP contribution in [0.1, 0.15) is 203 Å². The zero-order valence-electron chi connectivity index (χ0n) is 32.6. The lowest BCUT2D eigenvalue weighted by atomic mass is 9.77. The second-order valence-corrected chi connectivity index (χ2v) is 17.0. The van der Waals surface area contributed by atoms with E-state index in [0.29, 0.717) is 0 Å². The minimum absolute atomic E-state index is 0.953. The van der Waals surface area contributed by atoms with E-state index in [2.05, 4.69) is 64.1 Å². The van der Waals surface area contributed by atoms with Gasteiger partial charge in [-0.2, -0.15) is 0 Å². The number of aryl methyl sites for hydroxylation is 4. The van der Waals surface area contributed by atoms with E-state index in [1.54, 1.807) is 11.1 Å². The highest BCUT2D eigenvalue weighted by Gasteiger charge is 2.22. The molecule has 2 aliphatic rings. The SMILES string of the molecule is CCCCCCCCC[C@H]1CC[C@H](CCc2ccc(-c3ccc(CC[C@H]4CC[C@H](CCCCCCCCC)CC4)c(C)c3)cc2C)CC1. The monoisotopic (exact) mass is 655 g/mol. The van der Waals surface area contributed by atoms with Crippen LogP contribution in [0, 0.1) is 37.5 Å². The molecule has 0 bridgehead atoms. The molecule has 2 aromatic rings. The highest BCUT2D eigenvalue weighted by molar-refractivity contribution is 5.66. The van der Waals surface area contributed by atoms with E-state index in [4.69, 9.17) is 0 Å². The average molecular weight is 655 g/mol.